The predicted octanol–water partition coefficient (Wildman–Crippen LogP) is 2.04. The molecule has 8 heteroatoms. The van der Waals surface area contributed by atoms with Crippen molar-refractivity contribution in [1.82, 2.24) is 0 Å². The van der Waals surface area contributed by atoms with Gasteiger partial charge in [0.05, 0.1) is 6.61 Å². The third-order valence-electron chi connectivity index (χ3n) is 5.58. The third-order valence-corrected chi connectivity index (χ3v) is 5.58. The first-order valence-electron chi connectivity index (χ1n) is 10.0. The lowest BCUT2D eigenvalue weighted by Gasteiger charge is -2.46. The van der Waals surface area contributed by atoms with Gasteiger partial charge in [-0.2, -0.15) is 0 Å². The molecule has 31 heavy (non-hydrogen) atoms. The van der Waals surface area contributed by atoms with Crippen molar-refractivity contribution in [1.29, 1.82) is 0 Å². The Morgan fingerprint density at radius 2 is 1.81 bits per heavy atom. The molecule has 8 nitrogen and oxygen atoms in total. The molecule has 5 rings (SSSR count). The first kappa shape index (κ1) is 20.2. The number of rotatable bonds is 3. The first-order chi connectivity index (χ1) is 15.0. The van der Waals surface area contributed by atoms with Crippen LogP contribution in [0.1, 0.15) is 17.4 Å². The molecular weight excluding hydrogens is 404 g/mol. The van der Waals surface area contributed by atoms with Crippen molar-refractivity contribution in [3.05, 3.63) is 76.1 Å². The molecule has 2 aromatic carbocycles. The monoisotopic (exact) mass is 426 g/mol. The highest BCUT2D eigenvalue weighted by molar-refractivity contribution is 5.81. The van der Waals surface area contributed by atoms with Crippen LogP contribution in [0.5, 0.6) is 5.75 Å². The van der Waals surface area contributed by atoms with Crippen LogP contribution in [0.2, 0.25) is 0 Å². The van der Waals surface area contributed by atoms with E-state index in [9.17, 15) is 15.0 Å². The number of aryl methyl sites for hydroxylation is 1. The highest BCUT2D eigenvalue weighted by Crippen LogP contribution is 2.35. The van der Waals surface area contributed by atoms with Gasteiger partial charge < -0.3 is 33.6 Å². The van der Waals surface area contributed by atoms with Crippen LogP contribution in [0.4, 0.5) is 0 Å². The zero-order valence-electron chi connectivity index (χ0n) is 16.7. The topological polar surface area (TPSA) is 108 Å². The Bertz CT molecular complexity index is 1130. The molecule has 0 unspecified atom stereocenters. The Morgan fingerprint density at radius 1 is 1.00 bits per heavy atom. The molecule has 0 aliphatic carbocycles. The number of aliphatic hydroxyl groups excluding tert-OH is 2. The summed E-state index contributed by atoms with van der Waals surface area (Å²) in [5.41, 5.74) is 1.50. The molecule has 0 amide bonds. The van der Waals surface area contributed by atoms with Crippen LogP contribution in [0.25, 0.3) is 11.0 Å². The maximum Gasteiger partial charge on any atom is 0.336 e. The van der Waals surface area contributed by atoms with Crippen molar-refractivity contribution in [3.8, 4) is 5.75 Å². The van der Waals surface area contributed by atoms with Crippen LogP contribution in [-0.2, 0) is 14.2 Å². The minimum absolute atomic E-state index is 0.166. The molecule has 1 aromatic heterocycles. The van der Waals surface area contributed by atoms with Gasteiger partial charge in [0.1, 0.15) is 35.7 Å². The number of aliphatic hydroxyl groups is 2. The highest BCUT2D eigenvalue weighted by atomic mass is 16.8. The maximum atomic E-state index is 11.7. The summed E-state index contributed by atoms with van der Waals surface area (Å²) >= 11 is 0. The van der Waals surface area contributed by atoms with E-state index < -0.39 is 42.6 Å². The second kappa shape index (κ2) is 8.07. The van der Waals surface area contributed by atoms with Gasteiger partial charge in [-0.05, 0) is 24.6 Å². The summed E-state index contributed by atoms with van der Waals surface area (Å²) in [6.45, 7) is 1.98. The number of ether oxygens (including phenoxy) is 4. The number of hydrogen-bond donors (Lipinski definition) is 2. The standard InChI is InChI=1S/C23H22O8/c1-12-9-18(24)29-16-10-14(7-8-15(12)16)28-23-20(26)19(25)21-17(30-23)11-27-22(31-21)13-5-3-2-4-6-13/h2-10,17,19-23,25-26H,11H2,1H3/t17-,19+,20-,21-,22-,23+/m0/s1. The molecule has 0 saturated carbocycles. The van der Waals surface area contributed by atoms with E-state index in [-0.39, 0.29) is 6.61 Å². The lowest BCUT2D eigenvalue weighted by atomic mass is 9.98. The predicted molar refractivity (Wildman–Crippen MR) is 109 cm³/mol. The van der Waals surface area contributed by atoms with Crippen LogP contribution in [0.3, 0.4) is 0 Å². The fourth-order valence-corrected chi connectivity index (χ4v) is 3.97. The highest BCUT2D eigenvalue weighted by Gasteiger charge is 2.49. The lowest BCUT2D eigenvalue weighted by Crippen LogP contribution is -2.62. The molecule has 0 spiro atoms. The van der Waals surface area contributed by atoms with E-state index in [1.165, 1.54) is 6.07 Å². The average molecular weight is 426 g/mol. The summed E-state index contributed by atoms with van der Waals surface area (Å²) in [6.07, 6.45) is -5.78. The van der Waals surface area contributed by atoms with E-state index in [0.717, 1.165) is 16.5 Å². The van der Waals surface area contributed by atoms with Gasteiger partial charge in [-0.1, -0.05) is 30.3 Å². The van der Waals surface area contributed by atoms with Crippen LogP contribution in [0, 0.1) is 6.92 Å². The smallest absolute Gasteiger partial charge is 0.336 e. The molecule has 3 heterocycles. The fourth-order valence-electron chi connectivity index (χ4n) is 3.97. The van der Waals surface area contributed by atoms with Crippen molar-refractivity contribution in [3.63, 3.8) is 0 Å². The Balaban J connectivity index is 1.33. The van der Waals surface area contributed by atoms with Gasteiger partial charge in [-0.15, -0.1) is 0 Å². The summed E-state index contributed by atoms with van der Waals surface area (Å²) < 4.78 is 28.5. The van der Waals surface area contributed by atoms with Crippen molar-refractivity contribution in [2.24, 2.45) is 0 Å². The molecule has 2 N–H and O–H groups in total. The minimum Gasteiger partial charge on any atom is -0.462 e. The van der Waals surface area contributed by atoms with Crippen molar-refractivity contribution < 1.29 is 33.6 Å². The fraction of sp³-hybridized carbons (Fsp3) is 0.348. The first-order valence-corrected chi connectivity index (χ1v) is 10.0. The molecule has 2 aliphatic heterocycles. The zero-order valence-corrected chi connectivity index (χ0v) is 16.7. The van der Waals surface area contributed by atoms with E-state index in [1.54, 1.807) is 18.2 Å². The number of benzene rings is 2. The summed E-state index contributed by atoms with van der Waals surface area (Å²) in [7, 11) is 0. The maximum absolute atomic E-state index is 11.7. The minimum atomic E-state index is -1.35. The normalized spacial score (nSPS) is 30.7. The molecular formula is C23H22O8. The number of fused-ring (bicyclic) bond motifs is 2. The van der Waals surface area contributed by atoms with Gasteiger partial charge >= 0.3 is 5.63 Å². The van der Waals surface area contributed by atoms with E-state index in [0.29, 0.717) is 11.3 Å². The van der Waals surface area contributed by atoms with Crippen LogP contribution >= 0.6 is 0 Å². The van der Waals surface area contributed by atoms with Crippen molar-refractivity contribution >= 4 is 11.0 Å². The zero-order chi connectivity index (χ0) is 21.5. The molecule has 0 bridgehead atoms. The van der Waals surface area contributed by atoms with Gasteiger partial charge in [-0.3, -0.25) is 0 Å². The van der Waals surface area contributed by atoms with Crippen LogP contribution in [0.15, 0.2) is 63.8 Å². The SMILES string of the molecule is Cc1cc(=O)oc2cc(O[C@@H]3O[C@H]4CO[C@H](c5ccccc5)O[C@@H]4[C@H](O)[C@@H]3O)ccc12. The Kier molecular flexibility index (Phi) is 5.25. The van der Waals surface area contributed by atoms with Crippen molar-refractivity contribution in [2.45, 2.75) is 43.9 Å². The summed E-state index contributed by atoms with van der Waals surface area (Å²) in [5, 5.41) is 22.1. The largest absolute Gasteiger partial charge is 0.462 e. The lowest BCUT2D eigenvalue weighted by molar-refractivity contribution is -0.350. The van der Waals surface area contributed by atoms with Gasteiger partial charge in [-0.25, -0.2) is 4.79 Å². The van der Waals surface area contributed by atoms with Crippen LogP contribution in [-0.4, -0.2) is 47.5 Å². The Labute approximate surface area is 177 Å². The van der Waals surface area contributed by atoms with E-state index in [2.05, 4.69) is 0 Å². The van der Waals surface area contributed by atoms with E-state index in [1.807, 2.05) is 37.3 Å². The van der Waals surface area contributed by atoms with Gasteiger partial charge in [0, 0.05) is 23.1 Å². The molecule has 162 valence electrons. The molecule has 2 saturated heterocycles. The van der Waals surface area contributed by atoms with Gasteiger partial charge in [0.15, 0.2) is 6.29 Å². The summed E-state index contributed by atoms with van der Waals surface area (Å²) in [4.78, 5) is 11.7. The second-order valence-electron chi connectivity index (χ2n) is 7.73. The van der Waals surface area contributed by atoms with Crippen molar-refractivity contribution in [2.75, 3.05) is 6.61 Å². The Morgan fingerprint density at radius 3 is 2.61 bits per heavy atom. The molecule has 3 aromatic rings. The Hall–Kier alpha value is -2.75. The van der Waals surface area contributed by atoms with E-state index >= 15 is 0 Å². The molecule has 2 aliphatic rings. The summed E-state index contributed by atoms with van der Waals surface area (Å²) in [6, 6.07) is 15.8. The average Bonchev–Trinajstić information content (AvgIpc) is 2.77. The van der Waals surface area contributed by atoms with Gasteiger partial charge in [0.2, 0.25) is 6.29 Å². The molecule has 6 atom stereocenters. The van der Waals surface area contributed by atoms with Gasteiger partial charge in [0.25, 0.3) is 0 Å². The molecule has 2 fully saturated rings. The third kappa shape index (κ3) is 3.84. The quantitative estimate of drug-likeness (QED) is 0.613. The molecule has 0 radical (unpaired) electrons. The van der Waals surface area contributed by atoms with E-state index in [4.69, 9.17) is 23.4 Å². The summed E-state index contributed by atoms with van der Waals surface area (Å²) in [5.74, 6) is 0.329. The van der Waals surface area contributed by atoms with Crippen LogP contribution < -0.4 is 10.4 Å². The number of hydrogen-bond acceptors (Lipinski definition) is 8. The second-order valence-corrected chi connectivity index (χ2v) is 7.73.